The van der Waals surface area contributed by atoms with Crippen LogP contribution in [-0.2, 0) is 19.4 Å². The quantitative estimate of drug-likeness (QED) is 0.182. The first-order chi connectivity index (χ1) is 23.0. The Bertz CT molecular complexity index is 2130. The van der Waals surface area contributed by atoms with Gasteiger partial charge in [-0.2, -0.15) is 5.10 Å². The molecule has 0 radical (unpaired) electrons. The Morgan fingerprint density at radius 1 is 0.979 bits per heavy atom. The van der Waals surface area contributed by atoms with Crippen molar-refractivity contribution in [1.82, 2.24) is 25.2 Å². The van der Waals surface area contributed by atoms with Crippen LogP contribution in [0.2, 0.25) is 0 Å². The number of hydrogen-bond donors (Lipinski definition) is 3. The van der Waals surface area contributed by atoms with Crippen LogP contribution in [0, 0.1) is 18.6 Å². The average molecular weight is 654 g/mol. The lowest BCUT2D eigenvalue weighted by molar-refractivity contribution is 0.0695. The van der Waals surface area contributed by atoms with Crippen molar-refractivity contribution in [3.05, 3.63) is 129 Å². The van der Waals surface area contributed by atoms with Gasteiger partial charge in [-0.25, -0.2) is 23.1 Å². The standard InChI is InChI=1S/C35H29F2N5O6/c1-18-22-9-11-28(24(22)8-7-23(18)35(46)47)41-34(45)30-15-29(33(44)38-16-20-6-10-26(36)27(37)13-20)40-32-25(17-39-42(30)32)31(43)14-19-4-3-5-21(12-19)48-2/h3-8,10,12-13,15,17,28H,9,11,14,16H2,1-2H3,(H,38,44)(H,41,45)(H,46,47)/t28-/m0/s1. The van der Waals surface area contributed by atoms with Crippen LogP contribution in [0.15, 0.2) is 66.9 Å². The number of halogens is 2. The summed E-state index contributed by atoms with van der Waals surface area (Å²) in [6.45, 7) is 1.57. The third-order valence-corrected chi connectivity index (χ3v) is 8.40. The number of nitrogens with one attached hydrogen (secondary N) is 2. The van der Waals surface area contributed by atoms with Crippen molar-refractivity contribution < 1.29 is 37.8 Å². The summed E-state index contributed by atoms with van der Waals surface area (Å²) in [4.78, 5) is 56.7. The van der Waals surface area contributed by atoms with E-state index >= 15 is 0 Å². The number of methoxy groups -OCH3 is 1. The van der Waals surface area contributed by atoms with E-state index in [1.54, 1.807) is 37.3 Å². The fourth-order valence-corrected chi connectivity index (χ4v) is 5.92. The van der Waals surface area contributed by atoms with Crippen molar-refractivity contribution in [1.29, 1.82) is 0 Å². The van der Waals surface area contributed by atoms with Crippen molar-refractivity contribution in [2.45, 2.75) is 38.8 Å². The van der Waals surface area contributed by atoms with Crippen molar-refractivity contribution in [2.75, 3.05) is 7.11 Å². The van der Waals surface area contributed by atoms with Crippen molar-refractivity contribution >= 4 is 29.2 Å². The number of amides is 2. The van der Waals surface area contributed by atoms with Gasteiger partial charge in [-0.1, -0.05) is 24.3 Å². The lowest BCUT2D eigenvalue weighted by Gasteiger charge is -2.16. The lowest BCUT2D eigenvalue weighted by atomic mass is 9.98. The Morgan fingerprint density at radius 2 is 1.79 bits per heavy atom. The van der Waals surface area contributed by atoms with E-state index in [0.717, 1.165) is 23.3 Å². The number of hydrogen-bond acceptors (Lipinski definition) is 7. The van der Waals surface area contributed by atoms with Crippen LogP contribution >= 0.6 is 0 Å². The van der Waals surface area contributed by atoms with Gasteiger partial charge in [0.2, 0.25) is 0 Å². The molecule has 2 aromatic heterocycles. The number of fused-ring (bicyclic) bond motifs is 2. The Labute approximate surface area is 272 Å². The van der Waals surface area contributed by atoms with Gasteiger partial charge in [0, 0.05) is 19.0 Å². The van der Waals surface area contributed by atoms with Gasteiger partial charge in [-0.05, 0) is 77.9 Å². The van der Waals surface area contributed by atoms with Crippen LogP contribution in [0.3, 0.4) is 0 Å². The minimum atomic E-state index is -1.07. The first-order valence-corrected chi connectivity index (χ1v) is 15.0. The molecule has 3 N–H and O–H groups in total. The normalized spacial score (nSPS) is 13.6. The van der Waals surface area contributed by atoms with Gasteiger partial charge in [-0.15, -0.1) is 0 Å². The SMILES string of the molecule is COc1cccc(CC(=O)c2cnn3c(C(=O)N[C@H]4CCc5c4ccc(C(=O)O)c5C)cc(C(=O)NCc4ccc(F)c(F)c4)nc23)c1. The van der Waals surface area contributed by atoms with Gasteiger partial charge in [-0.3, -0.25) is 14.4 Å². The molecular formula is C35H29F2N5O6. The molecule has 48 heavy (non-hydrogen) atoms. The topological polar surface area (TPSA) is 152 Å². The van der Waals surface area contributed by atoms with Gasteiger partial charge < -0.3 is 20.5 Å². The van der Waals surface area contributed by atoms with Gasteiger partial charge in [0.15, 0.2) is 23.1 Å². The monoisotopic (exact) mass is 653 g/mol. The molecule has 1 aliphatic rings. The maximum atomic E-state index is 13.8. The fraction of sp³-hybridized carbons (Fsp3) is 0.200. The second-order valence-corrected chi connectivity index (χ2v) is 11.4. The lowest BCUT2D eigenvalue weighted by Crippen LogP contribution is -2.31. The van der Waals surface area contributed by atoms with E-state index in [1.165, 1.54) is 36.0 Å². The number of aromatic nitrogens is 3. The zero-order valence-corrected chi connectivity index (χ0v) is 25.8. The highest BCUT2D eigenvalue weighted by Crippen LogP contribution is 2.35. The van der Waals surface area contributed by atoms with Crippen LogP contribution in [0.1, 0.15) is 82.0 Å². The molecule has 0 saturated carbocycles. The molecule has 13 heteroatoms. The number of carboxylic acids is 1. The van der Waals surface area contributed by atoms with E-state index in [9.17, 15) is 33.1 Å². The molecule has 6 rings (SSSR count). The second kappa shape index (κ2) is 13.0. The molecule has 0 unspecified atom stereocenters. The third kappa shape index (κ3) is 6.21. The van der Waals surface area contributed by atoms with E-state index in [4.69, 9.17) is 4.74 Å². The number of ketones is 1. The fourth-order valence-electron chi connectivity index (χ4n) is 5.92. The molecular weight excluding hydrogens is 624 g/mol. The number of rotatable bonds is 10. The molecule has 5 aromatic rings. The molecule has 0 saturated heterocycles. The van der Waals surface area contributed by atoms with Gasteiger partial charge in [0.05, 0.1) is 30.5 Å². The third-order valence-electron chi connectivity index (χ3n) is 8.40. The predicted octanol–water partition coefficient (Wildman–Crippen LogP) is 4.80. The van der Waals surface area contributed by atoms with E-state index in [2.05, 4.69) is 20.7 Å². The molecule has 0 fully saturated rings. The maximum absolute atomic E-state index is 13.8. The van der Waals surface area contributed by atoms with Crippen LogP contribution in [0.5, 0.6) is 5.75 Å². The minimum absolute atomic E-state index is 0.0257. The summed E-state index contributed by atoms with van der Waals surface area (Å²) in [5, 5.41) is 19.4. The number of carboxylic acid groups (broad SMARTS) is 1. The first-order valence-electron chi connectivity index (χ1n) is 15.0. The highest BCUT2D eigenvalue weighted by Gasteiger charge is 2.29. The highest BCUT2D eigenvalue weighted by molar-refractivity contribution is 6.04. The average Bonchev–Trinajstić information content (AvgIpc) is 3.69. The Hall–Kier alpha value is -5.98. The molecule has 2 heterocycles. The number of aromatic carboxylic acids is 1. The number of Topliss-reactive ketones (excluding diaryl/α,β-unsaturated/α-hetero) is 1. The number of carbonyl (C=O) groups excluding carboxylic acids is 3. The van der Waals surface area contributed by atoms with E-state index in [0.29, 0.717) is 35.3 Å². The zero-order valence-electron chi connectivity index (χ0n) is 25.8. The molecule has 1 atom stereocenters. The molecule has 244 valence electrons. The summed E-state index contributed by atoms with van der Waals surface area (Å²) in [6.07, 6.45) is 2.32. The van der Waals surface area contributed by atoms with Crippen LogP contribution in [-0.4, -0.2) is 50.4 Å². The smallest absolute Gasteiger partial charge is 0.335 e. The summed E-state index contributed by atoms with van der Waals surface area (Å²) >= 11 is 0. The van der Waals surface area contributed by atoms with E-state index < -0.39 is 35.5 Å². The number of ether oxygens (including phenoxy) is 1. The Balaban J connectivity index is 1.34. The summed E-state index contributed by atoms with van der Waals surface area (Å²) in [5.41, 5.74) is 3.18. The molecule has 0 aliphatic heterocycles. The van der Waals surface area contributed by atoms with Crippen molar-refractivity contribution in [3.8, 4) is 5.75 Å². The van der Waals surface area contributed by atoms with Crippen LogP contribution in [0.4, 0.5) is 8.78 Å². The van der Waals surface area contributed by atoms with E-state index in [1.807, 2.05) is 0 Å². The van der Waals surface area contributed by atoms with Crippen LogP contribution in [0.25, 0.3) is 5.65 Å². The second-order valence-electron chi connectivity index (χ2n) is 11.4. The molecule has 2 amide bonds. The maximum Gasteiger partial charge on any atom is 0.335 e. The number of benzene rings is 3. The molecule has 11 nitrogen and oxygen atoms in total. The van der Waals surface area contributed by atoms with Crippen molar-refractivity contribution in [3.63, 3.8) is 0 Å². The number of carbonyl (C=O) groups is 4. The highest BCUT2D eigenvalue weighted by atomic mass is 19.2. The van der Waals surface area contributed by atoms with Gasteiger partial charge >= 0.3 is 5.97 Å². The summed E-state index contributed by atoms with van der Waals surface area (Å²) < 4.78 is 33.6. The summed E-state index contributed by atoms with van der Waals surface area (Å²) in [6, 6.07) is 14.2. The largest absolute Gasteiger partial charge is 0.497 e. The van der Waals surface area contributed by atoms with E-state index in [-0.39, 0.29) is 46.9 Å². The zero-order chi connectivity index (χ0) is 34.1. The first kappa shape index (κ1) is 32.0. The molecule has 0 spiro atoms. The minimum Gasteiger partial charge on any atom is -0.497 e. The Morgan fingerprint density at radius 3 is 2.54 bits per heavy atom. The van der Waals surface area contributed by atoms with Crippen molar-refractivity contribution in [2.24, 2.45) is 0 Å². The van der Waals surface area contributed by atoms with Crippen LogP contribution < -0.4 is 15.4 Å². The molecule has 1 aliphatic carbocycles. The summed E-state index contributed by atoms with van der Waals surface area (Å²) in [5.74, 6) is -4.26. The summed E-state index contributed by atoms with van der Waals surface area (Å²) in [7, 11) is 1.51. The molecule has 0 bridgehead atoms. The predicted molar refractivity (Wildman–Crippen MR) is 168 cm³/mol. The number of nitrogens with zero attached hydrogens (tertiary/aromatic N) is 3. The Kier molecular flexibility index (Phi) is 8.68. The van der Waals surface area contributed by atoms with Gasteiger partial charge in [0.25, 0.3) is 11.8 Å². The van der Waals surface area contributed by atoms with Gasteiger partial charge in [0.1, 0.15) is 17.1 Å². The molecule has 3 aromatic carbocycles.